The third kappa shape index (κ3) is 1.80. The first kappa shape index (κ1) is 10.1. The SMILES string of the molecule is Cl.NC[C@@H]1CC[C@@H]1C(F)F. The Morgan fingerprint density at radius 2 is 2.00 bits per heavy atom. The summed E-state index contributed by atoms with van der Waals surface area (Å²) in [7, 11) is 0. The van der Waals surface area contributed by atoms with Gasteiger partial charge in [-0.2, -0.15) is 0 Å². The predicted octanol–water partition coefficient (Wildman–Crippen LogP) is 1.66. The highest BCUT2D eigenvalue weighted by Crippen LogP contribution is 2.37. The van der Waals surface area contributed by atoms with Gasteiger partial charge in [0.1, 0.15) is 0 Å². The molecule has 1 rings (SSSR count). The average molecular weight is 172 g/mol. The van der Waals surface area contributed by atoms with Crippen molar-refractivity contribution in [3.05, 3.63) is 0 Å². The number of nitrogens with two attached hydrogens (primary N) is 1. The van der Waals surface area contributed by atoms with Crippen LogP contribution in [0.3, 0.4) is 0 Å². The predicted molar refractivity (Wildman–Crippen MR) is 38.5 cm³/mol. The lowest BCUT2D eigenvalue weighted by atomic mass is 9.74. The molecule has 0 aliphatic heterocycles. The second-order valence-electron chi connectivity index (χ2n) is 2.57. The lowest BCUT2D eigenvalue weighted by Gasteiger charge is -2.34. The van der Waals surface area contributed by atoms with Crippen molar-refractivity contribution < 1.29 is 8.78 Å². The van der Waals surface area contributed by atoms with E-state index in [2.05, 4.69) is 0 Å². The molecule has 0 bridgehead atoms. The Bertz CT molecular complexity index is 97.7. The number of halogens is 3. The first-order valence-electron chi connectivity index (χ1n) is 3.24. The summed E-state index contributed by atoms with van der Waals surface area (Å²) in [6, 6.07) is 0. The van der Waals surface area contributed by atoms with Crippen LogP contribution in [0, 0.1) is 11.8 Å². The summed E-state index contributed by atoms with van der Waals surface area (Å²) in [4.78, 5) is 0. The molecule has 1 fully saturated rings. The van der Waals surface area contributed by atoms with Gasteiger partial charge in [-0.3, -0.25) is 0 Å². The van der Waals surface area contributed by atoms with Gasteiger partial charge in [0.15, 0.2) is 0 Å². The second-order valence-corrected chi connectivity index (χ2v) is 2.57. The lowest BCUT2D eigenvalue weighted by Crippen LogP contribution is -2.36. The highest BCUT2D eigenvalue weighted by Gasteiger charge is 2.36. The largest absolute Gasteiger partial charge is 0.330 e. The molecule has 0 aromatic rings. The minimum Gasteiger partial charge on any atom is -0.330 e. The van der Waals surface area contributed by atoms with Gasteiger partial charge in [-0.1, -0.05) is 0 Å². The van der Waals surface area contributed by atoms with Crippen LogP contribution in [-0.2, 0) is 0 Å². The Balaban J connectivity index is 0.000000810. The smallest absolute Gasteiger partial charge is 0.241 e. The third-order valence-electron chi connectivity index (χ3n) is 2.10. The van der Waals surface area contributed by atoms with Crippen LogP contribution in [0.25, 0.3) is 0 Å². The molecule has 0 heterocycles. The zero-order valence-corrected chi connectivity index (χ0v) is 6.41. The topological polar surface area (TPSA) is 26.0 Å². The molecular weight excluding hydrogens is 160 g/mol. The molecule has 4 heteroatoms. The summed E-state index contributed by atoms with van der Waals surface area (Å²) in [5, 5.41) is 0. The molecule has 10 heavy (non-hydrogen) atoms. The summed E-state index contributed by atoms with van der Waals surface area (Å²) in [5.74, 6) is -0.292. The Hall–Kier alpha value is 0.110. The van der Waals surface area contributed by atoms with Crippen molar-refractivity contribution in [3.63, 3.8) is 0 Å². The van der Waals surface area contributed by atoms with E-state index in [1.165, 1.54) is 0 Å². The van der Waals surface area contributed by atoms with Crippen LogP contribution in [0.1, 0.15) is 12.8 Å². The minimum absolute atomic E-state index is 0. The van der Waals surface area contributed by atoms with Crippen molar-refractivity contribution in [2.24, 2.45) is 17.6 Å². The van der Waals surface area contributed by atoms with Crippen molar-refractivity contribution in [1.82, 2.24) is 0 Å². The van der Waals surface area contributed by atoms with E-state index in [-0.39, 0.29) is 18.3 Å². The van der Waals surface area contributed by atoms with Gasteiger partial charge in [-0.15, -0.1) is 12.4 Å². The van der Waals surface area contributed by atoms with Gasteiger partial charge in [0, 0.05) is 5.92 Å². The molecule has 1 nitrogen and oxygen atoms in total. The molecule has 0 aromatic carbocycles. The quantitative estimate of drug-likeness (QED) is 0.672. The van der Waals surface area contributed by atoms with Crippen molar-refractivity contribution >= 4 is 12.4 Å². The maximum Gasteiger partial charge on any atom is 0.241 e. The monoisotopic (exact) mass is 171 g/mol. The van der Waals surface area contributed by atoms with E-state index in [9.17, 15) is 8.78 Å². The maximum atomic E-state index is 11.9. The van der Waals surface area contributed by atoms with E-state index in [1.54, 1.807) is 0 Å². The van der Waals surface area contributed by atoms with Crippen LogP contribution < -0.4 is 5.73 Å². The fraction of sp³-hybridized carbons (Fsp3) is 1.00. The van der Waals surface area contributed by atoms with Crippen molar-refractivity contribution in [3.8, 4) is 0 Å². The summed E-state index contributed by atoms with van der Waals surface area (Å²) in [6.45, 7) is 0.426. The molecule has 0 spiro atoms. The van der Waals surface area contributed by atoms with Gasteiger partial charge in [0.25, 0.3) is 0 Å². The highest BCUT2D eigenvalue weighted by atomic mass is 35.5. The molecule has 2 atom stereocenters. The first-order chi connectivity index (χ1) is 4.25. The van der Waals surface area contributed by atoms with Crippen LogP contribution in [0.2, 0.25) is 0 Å². The van der Waals surface area contributed by atoms with Gasteiger partial charge in [0.05, 0.1) is 0 Å². The summed E-state index contributed by atoms with van der Waals surface area (Å²) in [6.07, 6.45) is -0.585. The fourth-order valence-corrected chi connectivity index (χ4v) is 1.22. The number of rotatable bonds is 2. The zero-order chi connectivity index (χ0) is 6.85. The van der Waals surface area contributed by atoms with E-state index >= 15 is 0 Å². The van der Waals surface area contributed by atoms with Gasteiger partial charge < -0.3 is 5.73 Å². The molecular formula is C6H12ClF2N. The van der Waals surface area contributed by atoms with Gasteiger partial charge in [-0.25, -0.2) is 8.78 Å². The lowest BCUT2D eigenvalue weighted by molar-refractivity contribution is -0.00809. The molecule has 1 saturated carbocycles. The van der Waals surface area contributed by atoms with Crippen molar-refractivity contribution in [2.45, 2.75) is 19.3 Å². The highest BCUT2D eigenvalue weighted by molar-refractivity contribution is 5.85. The fourth-order valence-electron chi connectivity index (χ4n) is 1.22. The summed E-state index contributed by atoms with van der Waals surface area (Å²) < 4.78 is 23.7. The normalized spacial score (nSPS) is 31.2. The van der Waals surface area contributed by atoms with E-state index in [1.807, 2.05) is 0 Å². The first-order valence-corrected chi connectivity index (χ1v) is 3.24. The van der Waals surface area contributed by atoms with E-state index in [4.69, 9.17) is 5.73 Å². The molecule has 0 radical (unpaired) electrons. The summed E-state index contributed by atoms with van der Waals surface area (Å²) in [5.41, 5.74) is 5.23. The van der Waals surface area contributed by atoms with Crippen LogP contribution in [0.5, 0.6) is 0 Å². The summed E-state index contributed by atoms with van der Waals surface area (Å²) >= 11 is 0. The molecule has 0 saturated heterocycles. The number of alkyl halides is 2. The number of hydrogen-bond acceptors (Lipinski definition) is 1. The Kier molecular flexibility index (Phi) is 4.13. The maximum absolute atomic E-state index is 11.9. The van der Waals surface area contributed by atoms with Gasteiger partial charge in [-0.05, 0) is 25.3 Å². The average Bonchev–Trinajstić information content (AvgIpc) is 1.61. The zero-order valence-electron chi connectivity index (χ0n) is 5.59. The molecule has 0 unspecified atom stereocenters. The van der Waals surface area contributed by atoms with E-state index in [0.29, 0.717) is 13.0 Å². The van der Waals surface area contributed by atoms with Gasteiger partial charge >= 0.3 is 0 Å². The van der Waals surface area contributed by atoms with Crippen LogP contribution in [0.4, 0.5) is 8.78 Å². The minimum atomic E-state index is -2.15. The molecule has 62 valence electrons. The Morgan fingerprint density at radius 1 is 1.40 bits per heavy atom. The molecule has 1 aliphatic carbocycles. The molecule has 0 amide bonds. The van der Waals surface area contributed by atoms with Crippen LogP contribution >= 0.6 is 12.4 Å². The standard InChI is InChI=1S/C6H11F2N.ClH/c7-6(8)5-2-1-4(5)3-9;/h4-6H,1-3,9H2;1H/t4-,5-;/m0./s1. The second kappa shape index (κ2) is 4.09. The van der Waals surface area contributed by atoms with E-state index in [0.717, 1.165) is 6.42 Å². The molecule has 0 aromatic heterocycles. The van der Waals surface area contributed by atoms with Crippen molar-refractivity contribution in [1.29, 1.82) is 0 Å². The Morgan fingerprint density at radius 3 is 2.10 bits per heavy atom. The Labute approximate surface area is 65.4 Å². The number of hydrogen-bond donors (Lipinski definition) is 1. The van der Waals surface area contributed by atoms with Crippen LogP contribution in [0.15, 0.2) is 0 Å². The molecule has 2 N–H and O–H groups in total. The molecule has 1 aliphatic rings. The van der Waals surface area contributed by atoms with E-state index < -0.39 is 12.3 Å². The van der Waals surface area contributed by atoms with Crippen LogP contribution in [-0.4, -0.2) is 13.0 Å². The third-order valence-corrected chi connectivity index (χ3v) is 2.10. The van der Waals surface area contributed by atoms with Gasteiger partial charge in [0.2, 0.25) is 6.43 Å². The van der Waals surface area contributed by atoms with Crippen molar-refractivity contribution in [2.75, 3.05) is 6.54 Å².